The van der Waals surface area contributed by atoms with Gasteiger partial charge in [0.2, 0.25) is 0 Å². The van der Waals surface area contributed by atoms with E-state index in [1.54, 1.807) is 6.20 Å². The fourth-order valence-corrected chi connectivity index (χ4v) is 1.99. The Balaban J connectivity index is 2.04. The lowest BCUT2D eigenvalue weighted by Gasteiger charge is -2.06. The van der Waals surface area contributed by atoms with Gasteiger partial charge < -0.3 is 0 Å². The molecule has 0 unspecified atom stereocenters. The number of pyridine rings is 1. The number of hydrogen-bond donors (Lipinski definition) is 0. The molecular formula is C16H13N3. The van der Waals surface area contributed by atoms with Gasteiger partial charge in [0, 0.05) is 23.7 Å². The second kappa shape index (κ2) is 4.98. The Bertz CT molecular complexity index is 679. The maximum atomic E-state index is 4.55. The highest BCUT2D eigenvalue weighted by Gasteiger charge is 2.07. The Labute approximate surface area is 112 Å². The zero-order valence-electron chi connectivity index (χ0n) is 10.6. The smallest absolute Gasteiger partial charge is 0.178 e. The predicted molar refractivity (Wildman–Crippen MR) is 75.4 cm³/mol. The molecule has 0 aliphatic heterocycles. The third-order valence-corrected chi connectivity index (χ3v) is 2.96. The molecule has 3 nitrogen and oxygen atoms in total. The Morgan fingerprint density at radius 2 is 1.63 bits per heavy atom. The lowest BCUT2D eigenvalue weighted by Crippen LogP contribution is -1.96. The van der Waals surface area contributed by atoms with Crippen LogP contribution in [0.3, 0.4) is 0 Å². The minimum atomic E-state index is 0.665. The van der Waals surface area contributed by atoms with E-state index in [4.69, 9.17) is 0 Å². The van der Waals surface area contributed by atoms with Crippen molar-refractivity contribution in [2.75, 3.05) is 0 Å². The van der Waals surface area contributed by atoms with Crippen LogP contribution in [-0.2, 0) is 0 Å². The molecule has 3 aromatic rings. The van der Waals surface area contributed by atoms with Crippen molar-refractivity contribution in [2.45, 2.75) is 6.92 Å². The molecule has 0 aliphatic carbocycles. The lowest BCUT2D eigenvalue weighted by atomic mass is 10.1. The van der Waals surface area contributed by atoms with Crippen molar-refractivity contribution in [3.05, 3.63) is 66.6 Å². The molecule has 0 N–H and O–H groups in total. The number of aromatic nitrogens is 3. The molecule has 0 amide bonds. The molecule has 0 aliphatic rings. The van der Waals surface area contributed by atoms with E-state index in [0.717, 1.165) is 22.5 Å². The Hall–Kier alpha value is -2.55. The second-order valence-corrected chi connectivity index (χ2v) is 4.27. The summed E-state index contributed by atoms with van der Waals surface area (Å²) in [7, 11) is 0. The van der Waals surface area contributed by atoms with Crippen LogP contribution in [0.5, 0.6) is 0 Å². The molecule has 0 radical (unpaired) electrons. The first-order valence-electron chi connectivity index (χ1n) is 6.15. The van der Waals surface area contributed by atoms with Gasteiger partial charge in [-0.1, -0.05) is 36.4 Å². The molecule has 3 heteroatoms. The normalized spacial score (nSPS) is 10.4. The quantitative estimate of drug-likeness (QED) is 0.695. The third-order valence-electron chi connectivity index (χ3n) is 2.96. The van der Waals surface area contributed by atoms with Gasteiger partial charge in [0.15, 0.2) is 5.82 Å². The van der Waals surface area contributed by atoms with Crippen molar-refractivity contribution in [2.24, 2.45) is 0 Å². The van der Waals surface area contributed by atoms with E-state index >= 15 is 0 Å². The number of aryl methyl sites for hydroxylation is 1. The Kier molecular flexibility index (Phi) is 3.02. The zero-order chi connectivity index (χ0) is 13.1. The van der Waals surface area contributed by atoms with Crippen LogP contribution in [0.25, 0.3) is 22.6 Å². The highest BCUT2D eigenvalue weighted by molar-refractivity contribution is 5.66. The molecule has 0 fully saturated rings. The Morgan fingerprint density at radius 3 is 2.32 bits per heavy atom. The minimum Gasteiger partial charge on any atom is -0.253 e. The SMILES string of the molecule is Cc1nc(-c2ccccn2)ncc1-c1ccccc1. The van der Waals surface area contributed by atoms with Crippen LogP contribution in [0.4, 0.5) is 0 Å². The first-order valence-corrected chi connectivity index (χ1v) is 6.15. The monoisotopic (exact) mass is 247 g/mol. The maximum Gasteiger partial charge on any atom is 0.178 e. The molecule has 0 bridgehead atoms. The molecule has 3 rings (SSSR count). The first kappa shape index (κ1) is 11.5. The average molecular weight is 247 g/mol. The minimum absolute atomic E-state index is 0.665. The van der Waals surface area contributed by atoms with Gasteiger partial charge in [-0.05, 0) is 24.6 Å². The van der Waals surface area contributed by atoms with Crippen molar-refractivity contribution in [3.8, 4) is 22.6 Å². The maximum absolute atomic E-state index is 4.55. The van der Waals surface area contributed by atoms with Gasteiger partial charge >= 0.3 is 0 Å². The van der Waals surface area contributed by atoms with Gasteiger partial charge in [-0.25, -0.2) is 9.97 Å². The van der Waals surface area contributed by atoms with Crippen molar-refractivity contribution < 1.29 is 0 Å². The van der Waals surface area contributed by atoms with Crippen LogP contribution in [0.15, 0.2) is 60.9 Å². The van der Waals surface area contributed by atoms with E-state index in [2.05, 4.69) is 27.1 Å². The van der Waals surface area contributed by atoms with Crippen molar-refractivity contribution in [3.63, 3.8) is 0 Å². The molecular weight excluding hydrogens is 234 g/mol. The highest BCUT2D eigenvalue weighted by Crippen LogP contribution is 2.22. The lowest BCUT2D eigenvalue weighted by molar-refractivity contribution is 1.09. The van der Waals surface area contributed by atoms with E-state index in [0.29, 0.717) is 5.82 Å². The standard InChI is InChI=1S/C16H13N3/c1-12-14(13-7-3-2-4-8-13)11-18-16(19-12)15-9-5-6-10-17-15/h2-11H,1H3. The molecule has 2 heterocycles. The van der Waals surface area contributed by atoms with Gasteiger partial charge in [0.1, 0.15) is 5.69 Å². The van der Waals surface area contributed by atoms with Crippen molar-refractivity contribution >= 4 is 0 Å². The molecule has 1 aromatic carbocycles. The molecule has 0 saturated carbocycles. The van der Waals surface area contributed by atoms with E-state index in [9.17, 15) is 0 Å². The van der Waals surface area contributed by atoms with Crippen LogP contribution in [0, 0.1) is 6.92 Å². The summed E-state index contributed by atoms with van der Waals surface area (Å²) in [6.45, 7) is 2.00. The number of hydrogen-bond acceptors (Lipinski definition) is 3. The molecule has 0 atom stereocenters. The number of benzene rings is 1. The van der Waals surface area contributed by atoms with Crippen LogP contribution in [0.2, 0.25) is 0 Å². The van der Waals surface area contributed by atoms with Gasteiger partial charge in [0.25, 0.3) is 0 Å². The summed E-state index contributed by atoms with van der Waals surface area (Å²) < 4.78 is 0. The van der Waals surface area contributed by atoms with Gasteiger partial charge in [-0.15, -0.1) is 0 Å². The second-order valence-electron chi connectivity index (χ2n) is 4.27. The molecule has 0 saturated heterocycles. The summed E-state index contributed by atoms with van der Waals surface area (Å²) in [5, 5.41) is 0. The van der Waals surface area contributed by atoms with Crippen LogP contribution in [-0.4, -0.2) is 15.0 Å². The van der Waals surface area contributed by atoms with Gasteiger partial charge in [-0.3, -0.25) is 4.98 Å². The van der Waals surface area contributed by atoms with Crippen LogP contribution < -0.4 is 0 Å². The molecule has 92 valence electrons. The zero-order valence-corrected chi connectivity index (χ0v) is 10.6. The van der Waals surface area contributed by atoms with E-state index in [-0.39, 0.29) is 0 Å². The summed E-state index contributed by atoms with van der Waals surface area (Å²) in [4.78, 5) is 13.2. The fourth-order valence-electron chi connectivity index (χ4n) is 1.99. The molecule has 2 aromatic heterocycles. The van der Waals surface area contributed by atoms with Crippen LogP contribution in [0.1, 0.15) is 5.69 Å². The fraction of sp³-hybridized carbons (Fsp3) is 0.0625. The van der Waals surface area contributed by atoms with Gasteiger partial charge in [0.05, 0.1) is 0 Å². The van der Waals surface area contributed by atoms with Crippen LogP contribution >= 0.6 is 0 Å². The third kappa shape index (κ3) is 2.36. The highest BCUT2D eigenvalue weighted by atomic mass is 14.9. The topological polar surface area (TPSA) is 38.7 Å². The van der Waals surface area contributed by atoms with Crippen molar-refractivity contribution in [1.82, 2.24) is 15.0 Å². The van der Waals surface area contributed by atoms with E-state index < -0.39 is 0 Å². The van der Waals surface area contributed by atoms with Gasteiger partial charge in [-0.2, -0.15) is 0 Å². The van der Waals surface area contributed by atoms with E-state index in [1.807, 2.05) is 49.5 Å². The number of rotatable bonds is 2. The summed E-state index contributed by atoms with van der Waals surface area (Å²) in [6, 6.07) is 15.9. The summed E-state index contributed by atoms with van der Waals surface area (Å²) in [6.07, 6.45) is 3.61. The van der Waals surface area contributed by atoms with Crippen molar-refractivity contribution in [1.29, 1.82) is 0 Å². The summed E-state index contributed by atoms with van der Waals surface area (Å²) in [5.41, 5.74) is 3.94. The first-order chi connectivity index (χ1) is 9.34. The summed E-state index contributed by atoms with van der Waals surface area (Å²) in [5.74, 6) is 0.665. The predicted octanol–water partition coefficient (Wildman–Crippen LogP) is 3.51. The number of nitrogens with zero attached hydrogens (tertiary/aromatic N) is 3. The Morgan fingerprint density at radius 1 is 0.842 bits per heavy atom. The van der Waals surface area contributed by atoms with E-state index in [1.165, 1.54) is 0 Å². The molecule has 19 heavy (non-hydrogen) atoms. The summed E-state index contributed by atoms with van der Waals surface area (Å²) >= 11 is 0. The largest absolute Gasteiger partial charge is 0.253 e. The average Bonchev–Trinajstić information content (AvgIpc) is 2.49. The molecule has 0 spiro atoms.